The molecule has 0 radical (unpaired) electrons. The second-order valence-electron chi connectivity index (χ2n) is 6.42. The first-order valence-corrected chi connectivity index (χ1v) is 8.43. The highest BCUT2D eigenvalue weighted by Gasteiger charge is 2.26. The third kappa shape index (κ3) is 3.74. The highest BCUT2D eigenvalue weighted by atomic mass is 16.4. The molecule has 3 rings (SSSR count). The smallest absolute Gasteiger partial charge is 0.343 e. The van der Waals surface area contributed by atoms with Crippen LogP contribution < -0.4 is 5.63 Å². The average Bonchev–Trinajstić information content (AvgIpc) is 2.61. The van der Waals surface area contributed by atoms with Gasteiger partial charge >= 0.3 is 11.6 Å². The molecular formula is C21H18O6. The molecule has 0 saturated heterocycles. The number of hydrogen-bond acceptors (Lipinski definition) is 5. The Hall–Kier alpha value is -3.41. The summed E-state index contributed by atoms with van der Waals surface area (Å²) >= 11 is 0. The van der Waals surface area contributed by atoms with Crippen LogP contribution in [-0.2, 0) is 11.2 Å². The van der Waals surface area contributed by atoms with Crippen LogP contribution in [0.3, 0.4) is 0 Å². The molecule has 0 saturated carbocycles. The number of carboxylic acid groups (broad SMARTS) is 1. The van der Waals surface area contributed by atoms with Crippen LogP contribution >= 0.6 is 0 Å². The second-order valence-corrected chi connectivity index (χ2v) is 6.42. The quantitative estimate of drug-likeness (QED) is 0.647. The van der Waals surface area contributed by atoms with E-state index >= 15 is 0 Å². The lowest BCUT2D eigenvalue weighted by Crippen LogP contribution is -2.18. The number of aromatic hydroxyl groups is 1. The fourth-order valence-corrected chi connectivity index (χ4v) is 3.30. The van der Waals surface area contributed by atoms with Crippen LogP contribution in [0.25, 0.3) is 11.0 Å². The van der Waals surface area contributed by atoms with Crippen molar-refractivity contribution in [2.24, 2.45) is 0 Å². The van der Waals surface area contributed by atoms with E-state index in [1.165, 1.54) is 13.0 Å². The third-order valence-electron chi connectivity index (χ3n) is 4.48. The van der Waals surface area contributed by atoms with Crippen molar-refractivity contribution in [2.75, 3.05) is 0 Å². The largest absolute Gasteiger partial charge is 0.507 e. The lowest BCUT2D eigenvalue weighted by molar-refractivity contribution is -0.117. The molecule has 2 aromatic carbocycles. The number of Topliss-reactive ketones (excluding diaryl/α,β-unsaturated/α-hetero) is 1. The minimum atomic E-state index is -1.10. The second kappa shape index (κ2) is 7.45. The van der Waals surface area contributed by atoms with E-state index < -0.39 is 17.5 Å². The van der Waals surface area contributed by atoms with Gasteiger partial charge in [0.2, 0.25) is 0 Å². The molecule has 0 amide bonds. The Labute approximate surface area is 154 Å². The summed E-state index contributed by atoms with van der Waals surface area (Å²) in [5.74, 6) is -2.22. The van der Waals surface area contributed by atoms with Crippen molar-refractivity contribution < 1.29 is 24.2 Å². The van der Waals surface area contributed by atoms with Gasteiger partial charge in [-0.05, 0) is 37.1 Å². The molecule has 6 nitrogen and oxygen atoms in total. The van der Waals surface area contributed by atoms with Gasteiger partial charge in [-0.15, -0.1) is 0 Å². The third-order valence-corrected chi connectivity index (χ3v) is 4.48. The number of carbonyl (C=O) groups is 2. The van der Waals surface area contributed by atoms with Crippen molar-refractivity contribution in [3.05, 3.63) is 75.6 Å². The Morgan fingerprint density at radius 2 is 1.74 bits per heavy atom. The van der Waals surface area contributed by atoms with Crippen molar-refractivity contribution in [1.82, 2.24) is 0 Å². The molecule has 1 heterocycles. The molecule has 0 aliphatic rings. The molecule has 0 bridgehead atoms. The minimum absolute atomic E-state index is 0.0101. The number of rotatable bonds is 6. The van der Waals surface area contributed by atoms with Gasteiger partial charge in [-0.1, -0.05) is 30.3 Å². The van der Waals surface area contributed by atoms with E-state index in [4.69, 9.17) is 4.42 Å². The zero-order valence-corrected chi connectivity index (χ0v) is 14.6. The van der Waals surface area contributed by atoms with Gasteiger partial charge < -0.3 is 19.4 Å². The summed E-state index contributed by atoms with van der Waals surface area (Å²) in [7, 11) is 0. The number of carbonyl (C=O) groups excluding carboxylic acids is 1. The molecule has 0 aliphatic heterocycles. The van der Waals surface area contributed by atoms with E-state index in [0.29, 0.717) is 10.9 Å². The molecule has 1 aromatic heterocycles. The summed E-state index contributed by atoms with van der Waals surface area (Å²) in [5, 5.41) is 20.4. The molecule has 6 heteroatoms. The van der Waals surface area contributed by atoms with E-state index in [2.05, 4.69) is 0 Å². The van der Waals surface area contributed by atoms with E-state index in [-0.39, 0.29) is 41.1 Å². The van der Waals surface area contributed by atoms with Crippen molar-refractivity contribution in [3.63, 3.8) is 0 Å². The molecule has 0 fully saturated rings. The Bertz CT molecular complexity index is 1080. The number of fused-ring (bicyclic) bond motifs is 1. The van der Waals surface area contributed by atoms with Crippen LogP contribution in [0.5, 0.6) is 5.75 Å². The monoisotopic (exact) mass is 366 g/mol. The Kier molecular flexibility index (Phi) is 5.07. The maximum absolute atomic E-state index is 12.5. The number of carboxylic acids is 1. The summed E-state index contributed by atoms with van der Waals surface area (Å²) in [5.41, 5.74) is 0.0736. The summed E-state index contributed by atoms with van der Waals surface area (Å²) in [6.07, 6.45) is 0.0866. The van der Waals surface area contributed by atoms with Crippen LogP contribution in [0, 0.1) is 0 Å². The van der Waals surface area contributed by atoms with Crippen LogP contribution in [0.4, 0.5) is 0 Å². The normalized spacial score (nSPS) is 12.0. The van der Waals surface area contributed by atoms with Gasteiger partial charge in [0.15, 0.2) is 0 Å². The average molecular weight is 366 g/mol. The van der Waals surface area contributed by atoms with E-state index in [0.717, 1.165) is 0 Å². The number of benzene rings is 2. The highest BCUT2D eigenvalue weighted by Crippen LogP contribution is 2.34. The molecule has 3 aromatic rings. The molecule has 2 N–H and O–H groups in total. The first kappa shape index (κ1) is 18.4. The number of aromatic carboxylic acids is 1. The standard InChI is InChI=1S/C21H18O6/c1-12(22)10-14(11-13-6-2-3-7-15(13)20(24)25)18-19(23)16-8-4-5-9-17(16)27-21(18)26/h2-9,14,23H,10-11H2,1H3,(H,24,25). The summed E-state index contributed by atoms with van der Waals surface area (Å²) in [6, 6.07) is 13.0. The molecule has 0 aliphatic carbocycles. The maximum atomic E-state index is 12.5. The van der Waals surface area contributed by atoms with Gasteiger partial charge in [-0.3, -0.25) is 0 Å². The number of ketones is 1. The zero-order chi connectivity index (χ0) is 19.6. The van der Waals surface area contributed by atoms with Crippen LogP contribution in [0.15, 0.2) is 57.7 Å². The van der Waals surface area contributed by atoms with E-state index in [1.807, 2.05) is 0 Å². The Morgan fingerprint density at radius 1 is 1.07 bits per heavy atom. The summed E-state index contributed by atoms with van der Waals surface area (Å²) in [6.45, 7) is 1.38. The summed E-state index contributed by atoms with van der Waals surface area (Å²) in [4.78, 5) is 35.8. The summed E-state index contributed by atoms with van der Waals surface area (Å²) < 4.78 is 5.31. The van der Waals surface area contributed by atoms with Gasteiger partial charge in [-0.25, -0.2) is 9.59 Å². The first-order valence-electron chi connectivity index (χ1n) is 8.43. The van der Waals surface area contributed by atoms with Crippen LogP contribution in [-0.4, -0.2) is 22.0 Å². The van der Waals surface area contributed by atoms with Gasteiger partial charge in [0, 0.05) is 12.3 Å². The number of hydrogen-bond donors (Lipinski definition) is 2. The topological polar surface area (TPSA) is 105 Å². The maximum Gasteiger partial charge on any atom is 0.343 e. The molecule has 1 atom stereocenters. The minimum Gasteiger partial charge on any atom is -0.507 e. The SMILES string of the molecule is CC(=O)CC(Cc1ccccc1C(=O)O)c1c(O)c2ccccc2oc1=O. The lowest BCUT2D eigenvalue weighted by Gasteiger charge is -2.18. The van der Waals surface area contributed by atoms with Gasteiger partial charge in [0.1, 0.15) is 17.1 Å². The van der Waals surface area contributed by atoms with Crippen LogP contribution in [0.2, 0.25) is 0 Å². The van der Waals surface area contributed by atoms with Gasteiger partial charge in [0.25, 0.3) is 0 Å². The Balaban J connectivity index is 2.15. The van der Waals surface area contributed by atoms with Crippen molar-refractivity contribution in [1.29, 1.82) is 0 Å². The van der Waals surface area contributed by atoms with E-state index in [1.54, 1.807) is 42.5 Å². The molecule has 1 unspecified atom stereocenters. The number of para-hydroxylation sites is 1. The highest BCUT2D eigenvalue weighted by molar-refractivity contribution is 5.89. The Morgan fingerprint density at radius 3 is 2.44 bits per heavy atom. The fraction of sp³-hybridized carbons (Fsp3) is 0.190. The molecule has 138 valence electrons. The van der Waals surface area contributed by atoms with Crippen molar-refractivity contribution in [2.45, 2.75) is 25.7 Å². The lowest BCUT2D eigenvalue weighted by atomic mass is 9.86. The van der Waals surface area contributed by atoms with Gasteiger partial charge in [0.05, 0.1) is 16.5 Å². The fourth-order valence-electron chi connectivity index (χ4n) is 3.30. The zero-order valence-electron chi connectivity index (χ0n) is 14.6. The first-order chi connectivity index (χ1) is 12.9. The van der Waals surface area contributed by atoms with Gasteiger partial charge in [-0.2, -0.15) is 0 Å². The molecule has 0 spiro atoms. The predicted molar refractivity (Wildman–Crippen MR) is 99.3 cm³/mol. The van der Waals surface area contributed by atoms with Crippen LogP contribution in [0.1, 0.15) is 40.7 Å². The predicted octanol–water partition coefficient (Wildman–Crippen LogP) is 3.50. The molecular weight excluding hydrogens is 348 g/mol. The van der Waals surface area contributed by atoms with E-state index in [9.17, 15) is 24.6 Å². The molecule has 27 heavy (non-hydrogen) atoms. The van der Waals surface area contributed by atoms with Crippen molar-refractivity contribution in [3.8, 4) is 5.75 Å². The van der Waals surface area contributed by atoms with Crippen molar-refractivity contribution >= 4 is 22.7 Å².